The Morgan fingerprint density at radius 2 is 1.63 bits per heavy atom. The van der Waals surface area contributed by atoms with Crippen LogP contribution in [-0.2, 0) is 28.5 Å². The Balaban J connectivity index is 0. The SMILES string of the molecule is CC.CCOC(=O)COCCOC(N)COC.O=C(NCCNC(=O)C(F)(F)F)c1ccccc1. The Labute approximate surface area is 203 Å². The van der Waals surface area contributed by atoms with Crippen LogP contribution in [0.5, 0.6) is 0 Å². The molecule has 1 aromatic rings. The van der Waals surface area contributed by atoms with Crippen molar-refractivity contribution in [1.82, 2.24) is 10.6 Å². The molecule has 35 heavy (non-hydrogen) atoms. The molecule has 202 valence electrons. The highest BCUT2D eigenvalue weighted by molar-refractivity contribution is 5.94. The molecule has 0 spiro atoms. The highest BCUT2D eigenvalue weighted by atomic mass is 19.4. The van der Waals surface area contributed by atoms with Crippen LogP contribution in [-0.4, -0.2) is 83.4 Å². The molecule has 0 aliphatic carbocycles. The van der Waals surface area contributed by atoms with Gasteiger partial charge in [0.2, 0.25) is 0 Å². The fraction of sp³-hybridized carbons (Fsp3) is 0.591. The molecule has 0 heterocycles. The Hall–Kier alpha value is -2.74. The molecular weight excluding hydrogens is 475 g/mol. The highest BCUT2D eigenvalue weighted by Crippen LogP contribution is 2.13. The Kier molecular flexibility index (Phi) is 21.4. The zero-order valence-corrected chi connectivity index (χ0v) is 20.5. The van der Waals surface area contributed by atoms with Crippen molar-refractivity contribution in [2.45, 2.75) is 33.2 Å². The van der Waals surface area contributed by atoms with Crippen LogP contribution >= 0.6 is 0 Å². The van der Waals surface area contributed by atoms with Gasteiger partial charge in [-0.3, -0.25) is 9.59 Å². The third-order valence-electron chi connectivity index (χ3n) is 3.41. The summed E-state index contributed by atoms with van der Waals surface area (Å²) in [6, 6.07) is 8.22. The van der Waals surface area contributed by atoms with Crippen LogP contribution in [0.15, 0.2) is 30.3 Å². The first-order chi connectivity index (χ1) is 16.6. The van der Waals surface area contributed by atoms with E-state index >= 15 is 0 Å². The molecule has 2 amide bonds. The molecule has 1 aromatic carbocycles. The second kappa shape index (κ2) is 21.8. The zero-order chi connectivity index (χ0) is 27.1. The van der Waals surface area contributed by atoms with E-state index in [-0.39, 0.29) is 25.7 Å². The van der Waals surface area contributed by atoms with E-state index in [4.69, 9.17) is 19.9 Å². The van der Waals surface area contributed by atoms with Crippen molar-refractivity contribution in [3.8, 4) is 0 Å². The van der Waals surface area contributed by atoms with Crippen LogP contribution in [0.1, 0.15) is 31.1 Å². The fourth-order valence-electron chi connectivity index (χ4n) is 1.97. The molecule has 0 aromatic heterocycles. The van der Waals surface area contributed by atoms with Crippen molar-refractivity contribution in [1.29, 1.82) is 0 Å². The molecule has 0 radical (unpaired) electrons. The van der Waals surface area contributed by atoms with Gasteiger partial charge in [-0.1, -0.05) is 32.0 Å². The standard InChI is InChI=1S/C11H11F3N2O2.C9H19NO5.C2H6/c12-11(13,14)10(18)16-7-6-15-9(17)8-4-2-1-3-5-8;1-3-14-9(11)7-13-4-5-15-8(10)6-12-2;1-2/h1-5H,6-7H2,(H,15,17)(H,16,18);8H,3-7,10H2,1-2H3;1-2H3. The topological polar surface area (TPSA) is 138 Å². The Morgan fingerprint density at radius 3 is 2.17 bits per heavy atom. The van der Waals surface area contributed by atoms with Gasteiger partial charge in [0, 0.05) is 25.8 Å². The van der Waals surface area contributed by atoms with Gasteiger partial charge in [-0.15, -0.1) is 0 Å². The zero-order valence-electron chi connectivity index (χ0n) is 20.5. The van der Waals surface area contributed by atoms with Gasteiger partial charge in [-0.25, -0.2) is 4.79 Å². The molecule has 0 aliphatic rings. The number of ether oxygens (including phenoxy) is 4. The van der Waals surface area contributed by atoms with Crippen LogP contribution in [0.4, 0.5) is 13.2 Å². The number of hydrogen-bond donors (Lipinski definition) is 3. The van der Waals surface area contributed by atoms with Gasteiger partial charge in [0.1, 0.15) is 12.8 Å². The molecule has 13 heteroatoms. The summed E-state index contributed by atoms with van der Waals surface area (Å²) in [5.41, 5.74) is 5.88. The molecule has 0 saturated carbocycles. The van der Waals surface area contributed by atoms with E-state index in [1.807, 2.05) is 13.8 Å². The number of rotatable bonds is 13. The van der Waals surface area contributed by atoms with Gasteiger partial charge in [-0.2, -0.15) is 13.2 Å². The molecule has 1 rings (SSSR count). The number of nitrogens with two attached hydrogens (primary N) is 1. The van der Waals surface area contributed by atoms with E-state index in [1.54, 1.807) is 49.7 Å². The second-order valence-corrected chi connectivity index (χ2v) is 6.10. The van der Waals surface area contributed by atoms with Gasteiger partial charge in [-0.05, 0) is 19.1 Å². The van der Waals surface area contributed by atoms with E-state index < -0.39 is 24.2 Å². The number of benzene rings is 1. The average Bonchev–Trinajstić information content (AvgIpc) is 2.83. The summed E-state index contributed by atoms with van der Waals surface area (Å²) in [5, 5.41) is 4.04. The summed E-state index contributed by atoms with van der Waals surface area (Å²) < 4.78 is 54.9. The number of esters is 1. The number of methoxy groups -OCH3 is 1. The van der Waals surface area contributed by atoms with E-state index in [0.717, 1.165) is 0 Å². The molecule has 1 unspecified atom stereocenters. The van der Waals surface area contributed by atoms with Crippen LogP contribution in [0.3, 0.4) is 0 Å². The normalized spacial score (nSPS) is 11.1. The highest BCUT2D eigenvalue weighted by Gasteiger charge is 2.38. The van der Waals surface area contributed by atoms with Crippen molar-refractivity contribution >= 4 is 17.8 Å². The lowest BCUT2D eigenvalue weighted by Gasteiger charge is -2.11. The lowest BCUT2D eigenvalue weighted by molar-refractivity contribution is -0.173. The molecular formula is C22H36F3N3O7. The summed E-state index contributed by atoms with van der Waals surface area (Å²) >= 11 is 0. The summed E-state index contributed by atoms with van der Waals surface area (Å²) in [4.78, 5) is 32.7. The van der Waals surface area contributed by atoms with Crippen molar-refractivity contribution in [3.05, 3.63) is 35.9 Å². The Morgan fingerprint density at radius 1 is 1.03 bits per heavy atom. The number of amides is 2. The van der Waals surface area contributed by atoms with Crippen LogP contribution in [0, 0.1) is 0 Å². The quantitative estimate of drug-likeness (QED) is 0.206. The maximum absolute atomic E-state index is 11.8. The van der Waals surface area contributed by atoms with Gasteiger partial charge in [0.25, 0.3) is 5.91 Å². The number of alkyl halides is 3. The van der Waals surface area contributed by atoms with Crippen LogP contribution < -0.4 is 16.4 Å². The summed E-state index contributed by atoms with van der Waals surface area (Å²) in [6.45, 7) is 6.64. The smallest absolute Gasteiger partial charge is 0.464 e. The molecule has 0 saturated heterocycles. The maximum atomic E-state index is 11.8. The van der Waals surface area contributed by atoms with Crippen molar-refractivity contribution in [3.63, 3.8) is 0 Å². The predicted octanol–water partition coefficient (Wildman–Crippen LogP) is 1.64. The van der Waals surface area contributed by atoms with E-state index in [9.17, 15) is 27.6 Å². The second-order valence-electron chi connectivity index (χ2n) is 6.10. The lowest BCUT2D eigenvalue weighted by atomic mass is 10.2. The molecule has 0 aliphatic heterocycles. The minimum Gasteiger partial charge on any atom is -0.464 e. The van der Waals surface area contributed by atoms with Crippen LogP contribution in [0.2, 0.25) is 0 Å². The number of carbonyl (C=O) groups excluding carboxylic acids is 3. The summed E-state index contributed by atoms with van der Waals surface area (Å²) in [6.07, 6.45) is -5.36. The van der Waals surface area contributed by atoms with E-state index in [1.165, 1.54) is 0 Å². The Bertz CT molecular complexity index is 693. The van der Waals surface area contributed by atoms with Gasteiger partial charge in [0.15, 0.2) is 0 Å². The lowest BCUT2D eigenvalue weighted by Crippen LogP contribution is -2.41. The molecule has 4 N–H and O–H groups in total. The third-order valence-corrected chi connectivity index (χ3v) is 3.41. The summed E-state index contributed by atoms with van der Waals surface area (Å²) in [7, 11) is 1.54. The van der Waals surface area contributed by atoms with Gasteiger partial charge in [0.05, 0.1) is 26.4 Å². The van der Waals surface area contributed by atoms with Gasteiger partial charge >= 0.3 is 18.1 Å². The van der Waals surface area contributed by atoms with Gasteiger partial charge < -0.3 is 35.3 Å². The van der Waals surface area contributed by atoms with E-state index in [0.29, 0.717) is 32.0 Å². The summed E-state index contributed by atoms with van der Waals surface area (Å²) in [5.74, 6) is -2.80. The predicted molar refractivity (Wildman–Crippen MR) is 122 cm³/mol. The number of hydrogen-bond acceptors (Lipinski definition) is 8. The average molecular weight is 512 g/mol. The maximum Gasteiger partial charge on any atom is 0.471 e. The largest absolute Gasteiger partial charge is 0.471 e. The minimum atomic E-state index is -4.90. The molecule has 1 atom stereocenters. The van der Waals surface area contributed by atoms with Crippen molar-refractivity contribution in [2.24, 2.45) is 5.73 Å². The number of carbonyl (C=O) groups is 3. The first-order valence-corrected chi connectivity index (χ1v) is 10.9. The number of halogens is 3. The molecule has 0 bridgehead atoms. The first kappa shape index (κ1) is 34.4. The molecule has 10 nitrogen and oxygen atoms in total. The minimum absolute atomic E-state index is 0.0588. The van der Waals surface area contributed by atoms with Crippen molar-refractivity contribution in [2.75, 3.05) is 53.2 Å². The van der Waals surface area contributed by atoms with Crippen LogP contribution in [0.25, 0.3) is 0 Å². The third kappa shape index (κ3) is 20.4. The fourth-order valence-corrected chi connectivity index (χ4v) is 1.97. The van der Waals surface area contributed by atoms with Crippen molar-refractivity contribution < 1.29 is 46.5 Å². The van der Waals surface area contributed by atoms with E-state index in [2.05, 4.69) is 10.1 Å². The number of nitrogens with one attached hydrogen (secondary N) is 2. The monoisotopic (exact) mass is 511 g/mol. The first-order valence-electron chi connectivity index (χ1n) is 10.9. The molecule has 0 fully saturated rings.